The number of rotatable bonds is 5. The van der Waals surface area contributed by atoms with Crippen LogP contribution in [0.25, 0.3) is 0 Å². The molecule has 2 aromatic rings. The first-order chi connectivity index (χ1) is 12.0. The van der Waals surface area contributed by atoms with Gasteiger partial charge in [0.25, 0.3) is 0 Å². The zero-order chi connectivity index (χ0) is 17.9. The lowest BCUT2D eigenvalue weighted by Gasteiger charge is -2.26. The van der Waals surface area contributed by atoms with Gasteiger partial charge in [-0.3, -0.25) is 0 Å². The molecule has 0 spiro atoms. The van der Waals surface area contributed by atoms with Crippen LogP contribution in [-0.4, -0.2) is 45.0 Å². The molecule has 134 valence electrons. The molecule has 0 aliphatic carbocycles. The maximum absolute atomic E-state index is 12.7. The topological polar surface area (TPSA) is 86.0 Å². The lowest BCUT2D eigenvalue weighted by atomic mass is 10.2. The van der Waals surface area contributed by atoms with E-state index in [1.54, 1.807) is 12.1 Å². The third-order valence-corrected chi connectivity index (χ3v) is 5.92. The molecular weight excluding hydrogens is 370 g/mol. The van der Waals surface area contributed by atoms with Crippen molar-refractivity contribution in [2.75, 3.05) is 26.3 Å². The summed E-state index contributed by atoms with van der Waals surface area (Å²) >= 11 is 6.03. The summed E-state index contributed by atoms with van der Waals surface area (Å²) in [6, 6.07) is 7.31. The summed E-state index contributed by atoms with van der Waals surface area (Å²) in [7, 11) is -3.72. The van der Waals surface area contributed by atoms with Crippen LogP contribution in [-0.2, 0) is 26.1 Å². The molecule has 7 nitrogen and oxygen atoms in total. The molecule has 0 saturated carbocycles. The van der Waals surface area contributed by atoms with Crippen LogP contribution in [0.1, 0.15) is 16.1 Å². The molecule has 1 saturated heterocycles. The van der Waals surface area contributed by atoms with Gasteiger partial charge in [0.05, 0.1) is 35.0 Å². The van der Waals surface area contributed by atoms with Gasteiger partial charge in [-0.15, -0.1) is 0 Å². The van der Waals surface area contributed by atoms with Gasteiger partial charge in [-0.25, -0.2) is 13.2 Å². The number of hydrogen-bond donors (Lipinski definition) is 0. The zero-order valence-corrected chi connectivity index (χ0v) is 14.8. The van der Waals surface area contributed by atoms with Crippen molar-refractivity contribution >= 4 is 27.6 Å². The monoisotopic (exact) mass is 385 g/mol. The summed E-state index contributed by atoms with van der Waals surface area (Å²) in [5.74, 6) is -0.248. The van der Waals surface area contributed by atoms with Gasteiger partial charge in [0.1, 0.15) is 12.4 Å². The van der Waals surface area contributed by atoms with E-state index in [0.29, 0.717) is 19.0 Å². The summed E-state index contributed by atoms with van der Waals surface area (Å²) in [4.78, 5) is 12.2. The largest absolute Gasteiger partial charge is 0.466 e. The lowest BCUT2D eigenvalue weighted by Crippen LogP contribution is -2.40. The van der Waals surface area contributed by atoms with Crippen LogP contribution in [0.3, 0.4) is 0 Å². The van der Waals surface area contributed by atoms with Crippen molar-refractivity contribution < 1.29 is 27.1 Å². The molecule has 0 unspecified atom stereocenters. The average Bonchev–Trinajstić information content (AvgIpc) is 3.14. The SMILES string of the molecule is O=C(OCc1ccco1)c1cc(S(=O)(=O)N2CCOCC2)ccc1Cl. The van der Waals surface area contributed by atoms with Crippen LogP contribution in [0.15, 0.2) is 45.9 Å². The number of halogens is 1. The van der Waals surface area contributed by atoms with Crippen LogP contribution < -0.4 is 0 Å². The van der Waals surface area contributed by atoms with E-state index in [1.165, 1.54) is 28.8 Å². The second-order valence-electron chi connectivity index (χ2n) is 5.31. The third kappa shape index (κ3) is 4.04. The minimum Gasteiger partial charge on any atom is -0.466 e. The van der Waals surface area contributed by atoms with Crippen LogP contribution in [0.2, 0.25) is 5.02 Å². The van der Waals surface area contributed by atoms with Gasteiger partial charge in [0, 0.05) is 13.1 Å². The molecule has 1 aromatic carbocycles. The van der Waals surface area contributed by atoms with Crippen LogP contribution >= 0.6 is 11.6 Å². The number of benzene rings is 1. The summed E-state index contributed by atoms with van der Waals surface area (Å²) in [5, 5.41) is 0.116. The van der Waals surface area contributed by atoms with E-state index in [4.69, 9.17) is 25.5 Å². The number of esters is 1. The second kappa shape index (κ2) is 7.57. The van der Waals surface area contributed by atoms with Crippen molar-refractivity contribution in [3.8, 4) is 0 Å². The molecule has 1 aliphatic rings. The molecule has 9 heteroatoms. The highest BCUT2D eigenvalue weighted by Crippen LogP contribution is 2.24. The summed E-state index contributed by atoms with van der Waals surface area (Å²) in [6.07, 6.45) is 1.46. The molecule has 3 rings (SSSR count). The van der Waals surface area contributed by atoms with Crippen molar-refractivity contribution in [2.24, 2.45) is 0 Å². The van der Waals surface area contributed by atoms with Crippen molar-refractivity contribution in [1.29, 1.82) is 0 Å². The van der Waals surface area contributed by atoms with Gasteiger partial charge in [0.2, 0.25) is 10.0 Å². The molecular formula is C16H16ClNO6S. The van der Waals surface area contributed by atoms with E-state index in [2.05, 4.69) is 0 Å². The Kier molecular flexibility index (Phi) is 5.43. The predicted molar refractivity (Wildman–Crippen MR) is 88.9 cm³/mol. The molecule has 0 N–H and O–H groups in total. The summed E-state index contributed by atoms with van der Waals surface area (Å²) < 4.78 is 42.0. The van der Waals surface area contributed by atoms with Crippen LogP contribution in [0.4, 0.5) is 0 Å². The Hall–Kier alpha value is -1.87. The van der Waals surface area contributed by atoms with E-state index in [0.717, 1.165) is 0 Å². The van der Waals surface area contributed by atoms with Gasteiger partial charge in [0.15, 0.2) is 0 Å². The Morgan fingerprint density at radius 2 is 2.00 bits per heavy atom. The minimum atomic E-state index is -3.72. The minimum absolute atomic E-state index is 0.0104. The van der Waals surface area contributed by atoms with E-state index in [-0.39, 0.29) is 35.2 Å². The maximum atomic E-state index is 12.7. The van der Waals surface area contributed by atoms with Gasteiger partial charge in [-0.05, 0) is 30.3 Å². The molecule has 0 bridgehead atoms. The second-order valence-corrected chi connectivity index (χ2v) is 7.66. The molecule has 0 atom stereocenters. The van der Waals surface area contributed by atoms with E-state index < -0.39 is 16.0 Å². The summed E-state index contributed by atoms with van der Waals surface area (Å²) in [5.41, 5.74) is -0.0115. The Morgan fingerprint density at radius 3 is 2.68 bits per heavy atom. The highest BCUT2D eigenvalue weighted by molar-refractivity contribution is 7.89. The Balaban J connectivity index is 1.81. The number of nitrogens with zero attached hydrogens (tertiary/aromatic N) is 1. The first-order valence-corrected chi connectivity index (χ1v) is 9.37. The van der Waals surface area contributed by atoms with E-state index >= 15 is 0 Å². The van der Waals surface area contributed by atoms with Crippen molar-refractivity contribution in [3.05, 3.63) is 52.9 Å². The molecule has 1 aliphatic heterocycles. The predicted octanol–water partition coefficient (Wildman–Crippen LogP) is 2.31. The highest BCUT2D eigenvalue weighted by Gasteiger charge is 2.27. The number of sulfonamides is 1. The average molecular weight is 386 g/mol. The lowest BCUT2D eigenvalue weighted by molar-refractivity contribution is 0.0445. The smallest absolute Gasteiger partial charge is 0.340 e. The van der Waals surface area contributed by atoms with E-state index in [1.807, 2.05) is 0 Å². The maximum Gasteiger partial charge on any atom is 0.340 e. The molecule has 1 fully saturated rings. The Morgan fingerprint density at radius 1 is 1.24 bits per heavy atom. The van der Waals surface area contributed by atoms with Gasteiger partial charge in [-0.2, -0.15) is 4.31 Å². The number of carbonyl (C=O) groups is 1. The quantitative estimate of drug-likeness (QED) is 0.734. The first kappa shape index (κ1) is 17.9. The third-order valence-electron chi connectivity index (χ3n) is 3.69. The Bertz CT molecular complexity index is 844. The Labute approximate surface area is 150 Å². The van der Waals surface area contributed by atoms with Gasteiger partial charge in [-0.1, -0.05) is 11.6 Å². The van der Waals surface area contributed by atoms with Crippen LogP contribution in [0.5, 0.6) is 0 Å². The molecule has 1 aromatic heterocycles. The van der Waals surface area contributed by atoms with E-state index in [9.17, 15) is 13.2 Å². The number of hydrogen-bond acceptors (Lipinski definition) is 6. The fourth-order valence-electron chi connectivity index (χ4n) is 2.37. The fourth-order valence-corrected chi connectivity index (χ4v) is 4.00. The van der Waals surface area contributed by atoms with Crippen LogP contribution in [0, 0.1) is 0 Å². The van der Waals surface area contributed by atoms with Crippen molar-refractivity contribution in [1.82, 2.24) is 4.31 Å². The zero-order valence-electron chi connectivity index (χ0n) is 13.2. The number of morpholine rings is 1. The van der Waals surface area contributed by atoms with Crippen molar-refractivity contribution in [3.63, 3.8) is 0 Å². The molecule has 25 heavy (non-hydrogen) atoms. The van der Waals surface area contributed by atoms with Gasteiger partial charge < -0.3 is 13.9 Å². The number of ether oxygens (including phenoxy) is 2. The first-order valence-electron chi connectivity index (χ1n) is 7.55. The number of carbonyl (C=O) groups excluding carboxylic acids is 1. The molecule has 0 radical (unpaired) electrons. The molecule has 2 heterocycles. The fraction of sp³-hybridized carbons (Fsp3) is 0.312. The van der Waals surface area contributed by atoms with Gasteiger partial charge >= 0.3 is 5.97 Å². The van der Waals surface area contributed by atoms with Crippen molar-refractivity contribution in [2.45, 2.75) is 11.5 Å². The number of furan rings is 1. The summed E-state index contributed by atoms with van der Waals surface area (Å²) in [6.45, 7) is 1.14. The standard InChI is InChI=1S/C16H16ClNO6S/c17-15-4-3-13(25(20,21)18-5-8-22-9-6-18)10-14(15)16(19)24-11-12-2-1-7-23-12/h1-4,7,10H,5-6,8-9,11H2. The molecule has 0 amide bonds. The normalized spacial score (nSPS) is 15.9. The highest BCUT2D eigenvalue weighted by atomic mass is 35.5.